The lowest BCUT2D eigenvalue weighted by Crippen LogP contribution is -2.16. The quantitative estimate of drug-likeness (QED) is 0.500. The molecule has 1 atom stereocenters. The second kappa shape index (κ2) is 6.92. The normalized spacial score (nSPS) is 15.6. The van der Waals surface area contributed by atoms with E-state index in [2.05, 4.69) is 27.4 Å². The van der Waals surface area contributed by atoms with Crippen LogP contribution in [0.3, 0.4) is 0 Å². The number of aliphatic hydroxyl groups excluding tert-OH is 1. The molecule has 1 aromatic heterocycles. The van der Waals surface area contributed by atoms with Gasteiger partial charge in [-0.05, 0) is 52.1 Å². The number of hydrogen-bond acceptors (Lipinski definition) is 5. The van der Waals surface area contributed by atoms with Crippen molar-refractivity contribution < 1.29 is 9.50 Å². The molecule has 0 fully saturated rings. The minimum atomic E-state index is -0.350. The lowest BCUT2D eigenvalue weighted by atomic mass is 9.95. The number of aliphatic hydroxyl groups is 1. The van der Waals surface area contributed by atoms with Gasteiger partial charge in [-0.3, -0.25) is 0 Å². The van der Waals surface area contributed by atoms with Gasteiger partial charge >= 0.3 is 0 Å². The molecular weight excluding hydrogens is 367 g/mol. The number of rotatable bonds is 3. The van der Waals surface area contributed by atoms with E-state index in [0.29, 0.717) is 11.1 Å². The molecule has 2 heterocycles. The third-order valence-electron chi connectivity index (χ3n) is 5.43. The largest absolute Gasteiger partial charge is 0.392 e. The van der Waals surface area contributed by atoms with E-state index in [-0.39, 0.29) is 24.4 Å². The van der Waals surface area contributed by atoms with Gasteiger partial charge in [-0.25, -0.2) is 14.4 Å². The second-order valence-corrected chi connectivity index (χ2v) is 7.17. The molecule has 1 aliphatic heterocycles. The van der Waals surface area contributed by atoms with E-state index in [1.807, 2.05) is 30.3 Å². The molecule has 0 saturated heterocycles. The number of benzene rings is 3. The summed E-state index contributed by atoms with van der Waals surface area (Å²) in [4.78, 5) is 8.93. The van der Waals surface area contributed by atoms with Crippen molar-refractivity contribution in [2.75, 3.05) is 5.73 Å². The highest BCUT2D eigenvalue weighted by Gasteiger charge is 2.26. The van der Waals surface area contributed by atoms with Crippen LogP contribution < -0.4 is 11.1 Å². The van der Waals surface area contributed by atoms with E-state index in [4.69, 9.17) is 5.73 Å². The number of aromatic nitrogens is 2. The Morgan fingerprint density at radius 3 is 2.79 bits per heavy atom. The van der Waals surface area contributed by atoms with Crippen molar-refractivity contribution >= 4 is 16.9 Å². The molecule has 0 saturated carbocycles. The summed E-state index contributed by atoms with van der Waals surface area (Å²) in [6, 6.07) is 18.2. The molecule has 5 rings (SSSR count). The molecule has 29 heavy (non-hydrogen) atoms. The SMILES string of the molecule is Nc1nc(C2NCc3ccccc32)c2cc(-c3cc(F)ccc3CO)ccc2n1. The molecule has 0 spiro atoms. The molecule has 4 N–H and O–H groups in total. The van der Waals surface area contributed by atoms with Crippen molar-refractivity contribution in [3.05, 3.63) is 88.9 Å². The number of fused-ring (bicyclic) bond motifs is 2. The Labute approximate surface area is 167 Å². The smallest absolute Gasteiger partial charge is 0.220 e. The van der Waals surface area contributed by atoms with E-state index >= 15 is 0 Å². The number of anilines is 1. The van der Waals surface area contributed by atoms with Crippen molar-refractivity contribution in [2.45, 2.75) is 19.2 Å². The minimum Gasteiger partial charge on any atom is -0.392 e. The van der Waals surface area contributed by atoms with Gasteiger partial charge < -0.3 is 16.2 Å². The highest BCUT2D eigenvalue weighted by atomic mass is 19.1. The summed E-state index contributed by atoms with van der Waals surface area (Å²) in [5.74, 6) is -0.134. The van der Waals surface area contributed by atoms with E-state index in [9.17, 15) is 9.50 Å². The Hall–Kier alpha value is -3.35. The van der Waals surface area contributed by atoms with Gasteiger partial charge in [0.1, 0.15) is 5.82 Å². The molecule has 5 nitrogen and oxygen atoms in total. The molecule has 1 unspecified atom stereocenters. The molecule has 0 radical (unpaired) electrons. The number of hydrogen-bond donors (Lipinski definition) is 3. The van der Waals surface area contributed by atoms with Gasteiger partial charge in [0, 0.05) is 11.9 Å². The number of nitrogen functional groups attached to an aromatic ring is 1. The van der Waals surface area contributed by atoms with Crippen molar-refractivity contribution in [3.63, 3.8) is 0 Å². The third kappa shape index (κ3) is 3.03. The highest BCUT2D eigenvalue weighted by Crippen LogP contribution is 2.35. The van der Waals surface area contributed by atoms with Crippen molar-refractivity contribution in [2.24, 2.45) is 0 Å². The summed E-state index contributed by atoms with van der Waals surface area (Å²) in [7, 11) is 0. The summed E-state index contributed by atoms with van der Waals surface area (Å²) in [5.41, 5.74) is 12.0. The molecule has 3 aromatic carbocycles. The zero-order valence-electron chi connectivity index (χ0n) is 15.6. The predicted molar refractivity (Wildman–Crippen MR) is 110 cm³/mol. The first-order chi connectivity index (χ1) is 14.1. The molecule has 1 aliphatic rings. The zero-order chi connectivity index (χ0) is 20.0. The lowest BCUT2D eigenvalue weighted by Gasteiger charge is -2.16. The highest BCUT2D eigenvalue weighted by molar-refractivity contribution is 5.88. The summed E-state index contributed by atoms with van der Waals surface area (Å²) in [6.45, 7) is 0.584. The number of halogens is 1. The molecule has 0 bridgehead atoms. The van der Waals surface area contributed by atoms with Gasteiger partial charge in [-0.15, -0.1) is 0 Å². The van der Waals surface area contributed by atoms with E-state index in [0.717, 1.165) is 28.7 Å². The maximum absolute atomic E-state index is 13.9. The Bertz CT molecular complexity index is 1240. The average molecular weight is 386 g/mol. The Kier molecular flexibility index (Phi) is 4.23. The van der Waals surface area contributed by atoms with Gasteiger partial charge in [-0.1, -0.05) is 36.4 Å². The minimum absolute atomic E-state index is 0.0981. The Balaban J connectivity index is 1.72. The average Bonchev–Trinajstić information content (AvgIpc) is 3.17. The maximum atomic E-state index is 13.9. The molecule has 4 aromatic rings. The molecule has 6 heteroatoms. The van der Waals surface area contributed by atoms with E-state index in [1.54, 1.807) is 6.07 Å². The number of nitrogens with two attached hydrogens (primary N) is 1. The molecular formula is C23H19FN4O. The van der Waals surface area contributed by atoms with Crippen molar-refractivity contribution in [3.8, 4) is 11.1 Å². The van der Waals surface area contributed by atoms with Crippen LogP contribution in [-0.4, -0.2) is 15.1 Å². The van der Waals surface area contributed by atoms with Crippen LogP contribution in [0.1, 0.15) is 28.4 Å². The van der Waals surface area contributed by atoms with Gasteiger partial charge in [0.05, 0.1) is 23.9 Å². The summed E-state index contributed by atoms with van der Waals surface area (Å²) >= 11 is 0. The number of nitrogens with one attached hydrogen (secondary N) is 1. The van der Waals surface area contributed by atoms with Crippen molar-refractivity contribution in [1.82, 2.24) is 15.3 Å². The number of nitrogens with zero attached hydrogens (tertiary/aromatic N) is 2. The van der Waals surface area contributed by atoms with Crippen molar-refractivity contribution in [1.29, 1.82) is 0 Å². The fourth-order valence-electron chi connectivity index (χ4n) is 4.06. The summed E-state index contributed by atoms with van der Waals surface area (Å²) in [6.07, 6.45) is 0. The van der Waals surface area contributed by atoms with Crippen LogP contribution in [-0.2, 0) is 13.2 Å². The fraction of sp³-hybridized carbons (Fsp3) is 0.130. The van der Waals surface area contributed by atoms with Gasteiger partial charge in [0.25, 0.3) is 0 Å². The van der Waals surface area contributed by atoms with Gasteiger partial charge in [0.2, 0.25) is 5.95 Å². The maximum Gasteiger partial charge on any atom is 0.220 e. The first-order valence-corrected chi connectivity index (χ1v) is 9.42. The Morgan fingerprint density at radius 2 is 1.93 bits per heavy atom. The first-order valence-electron chi connectivity index (χ1n) is 9.42. The monoisotopic (exact) mass is 386 g/mol. The van der Waals surface area contributed by atoms with E-state index in [1.165, 1.54) is 23.3 Å². The lowest BCUT2D eigenvalue weighted by molar-refractivity contribution is 0.282. The van der Waals surface area contributed by atoms with Crippen LogP contribution in [0, 0.1) is 5.82 Å². The molecule has 144 valence electrons. The second-order valence-electron chi connectivity index (χ2n) is 7.17. The molecule has 0 aliphatic carbocycles. The van der Waals surface area contributed by atoms with Crippen LogP contribution in [0.15, 0.2) is 60.7 Å². The Morgan fingerprint density at radius 1 is 1.07 bits per heavy atom. The summed E-state index contributed by atoms with van der Waals surface area (Å²) in [5, 5.41) is 14.0. The predicted octanol–water partition coefficient (Wildman–Crippen LogP) is 3.70. The topological polar surface area (TPSA) is 84.1 Å². The zero-order valence-corrected chi connectivity index (χ0v) is 15.6. The van der Waals surface area contributed by atoms with Gasteiger partial charge in [0.15, 0.2) is 0 Å². The fourth-order valence-corrected chi connectivity index (χ4v) is 4.06. The standard InChI is InChI=1S/C23H19FN4O/c24-16-7-5-15(12-29)18(10-16)13-6-8-20-19(9-13)22(28-23(25)27-20)21-17-4-2-1-3-14(17)11-26-21/h1-10,21,26,29H,11-12H2,(H2,25,27,28). The van der Waals surface area contributed by atoms with Gasteiger partial charge in [-0.2, -0.15) is 0 Å². The van der Waals surface area contributed by atoms with E-state index < -0.39 is 0 Å². The third-order valence-corrected chi connectivity index (χ3v) is 5.43. The molecule has 0 amide bonds. The van der Waals surface area contributed by atoms with Crippen LogP contribution in [0.2, 0.25) is 0 Å². The van der Waals surface area contributed by atoms with Crippen LogP contribution in [0.4, 0.5) is 10.3 Å². The van der Waals surface area contributed by atoms with Crippen LogP contribution in [0.5, 0.6) is 0 Å². The summed E-state index contributed by atoms with van der Waals surface area (Å²) < 4.78 is 13.9. The van der Waals surface area contributed by atoms with Crippen LogP contribution in [0.25, 0.3) is 22.0 Å². The first kappa shape index (κ1) is 17.7. The van der Waals surface area contributed by atoms with Crippen LogP contribution >= 0.6 is 0 Å².